The number of allylic oxidation sites excluding steroid dienone is 1. The van der Waals surface area contributed by atoms with Gasteiger partial charge in [-0.2, -0.15) is 5.10 Å². The van der Waals surface area contributed by atoms with Gasteiger partial charge in [0.25, 0.3) is 0 Å². The fourth-order valence-electron chi connectivity index (χ4n) is 3.84. The fourth-order valence-corrected chi connectivity index (χ4v) is 3.84. The topological polar surface area (TPSA) is 66.0 Å². The quantitative estimate of drug-likeness (QED) is 0.263. The van der Waals surface area contributed by atoms with Crippen molar-refractivity contribution in [2.75, 3.05) is 0 Å². The summed E-state index contributed by atoms with van der Waals surface area (Å²) in [5.41, 5.74) is 8.75. The lowest BCUT2D eigenvalue weighted by Crippen LogP contribution is -1.95. The van der Waals surface area contributed by atoms with Crippen molar-refractivity contribution in [2.24, 2.45) is 0 Å². The van der Waals surface area contributed by atoms with E-state index >= 15 is 0 Å². The Bertz CT molecular complexity index is 1240. The number of H-pyrrole nitrogens is 1. The minimum atomic E-state index is -0.954. The molecule has 0 bridgehead atoms. The average molecular weight is 421 g/mol. The maximum Gasteiger partial charge on any atom is 0.328 e. The maximum absolute atomic E-state index is 10.8. The zero-order valence-corrected chi connectivity index (χ0v) is 17.8. The number of aromatic nitrogens is 2. The standard InChI is InChI=1S/C28H24N2O2/c1-2-25(21-6-4-3-5-7-21)28(23-11-8-20(9-12-23)10-17-27(31)32)24-15-13-22(14-16-24)26-18-19-29-30-26/h3-19H,2H2,1H3,(H,29,30)(H,31,32)/b17-10+,28-25+. The van der Waals surface area contributed by atoms with E-state index in [4.69, 9.17) is 5.11 Å². The Morgan fingerprint density at radius 2 is 1.53 bits per heavy atom. The third-order valence-electron chi connectivity index (χ3n) is 5.38. The van der Waals surface area contributed by atoms with Gasteiger partial charge < -0.3 is 5.11 Å². The largest absolute Gasteiger partial charge is 0.478 e. The van der Waals surface area contributed by atoms with Crippen molar-refractivity contribution in [3.63, 3.8) is 0 Å². The number of rotatable bonds is 7. The van der Waals surface area contributed by atoms with Crippen LogP contribution in [0.15, 0.2) is 97.2 Å². The first-order chi connectivity index (χ1) is 15.7. The van der Waals surface area contributed by atoms with Crippen LogP contribution in [0.2, 0.25) is 0 Å². The summed E-state index contributed by atoms with van der Waals surface area (Å²) < 4.78 is 0. The summed E-state index contributed by atoms with van der Waals surface area (Å²) in [7, 11) is 0. The number of hydrogen-bond acceptors (Lipinski definition) is 2. The summed E-state index contributed by atoms with van der Waals surface area (Å²) in [6.07, 6.45) is 5.38. The van der Waals surface area contributed by atoms with Crippen LogP contribution in [0.5, 0.6) is 0 Å². The molecular weight excluding hydrogens is 396 g/mol. The van der Waals surface area contributed by atoms with E-state index in [1.54, 1.807) is 12.3 Å². The van der Waals surface area contributed by atoms with E-state index in [9.17, 15) is 4.79 Å². The molecule has 0 fully saturated rings. The van der Waals surface area contributed by atoms with Crippen LogP contribution in [0.3, 0.4) is 0 Å². The highest BCUT2D eigenvalue weighted by atomic mass is 16.4. The second kappa shape index (κ2) is 9.75. The Morgan fingerprint density at radius 3 is 2.09 bits per heavy atom. The van der Waals surface area contributed by atoms with Crippen LogP contribution < -0.4 is 0 Å². The highest BCUT2D eigenvalue weighted by Gasteiger charge is 2.13. The van der Waals surface area contributed by atoms with Gasteiger partial charge >= 0.3 is 5.97 Å². The minimum Gasteiger partial charge on any atom is -0.478 e. The first-order valence-corrected chi connectivity index (χ1v) is 10.6. The zero-order valence-electron chi connectivity index (χ0n) is 17.8. The highest BCUT2D eigenvalue weighted by Crippen LogP contribution is 2.35. The van der Waals surface area contributed by atoms with Crippen LogP contribution in [0.4, 0.5) is 0 Å². The zero-order chi connectivity index (χ0) is 22.3. The Kier molecular flexibility index (Phi) is 6.42. The molecule has 4 aromatic rings. The van der Waals surface area contributed by atoms with E-state index < -0.39 is 5.97 Å². The predicted molar refractivity (Wildman–Crippen MR) is 130 cm³/mol. The van der Waals surface area contributed by atoms with Gasteiger partial charge in [0, 0.05) is 12.3 Å². The van der Waals surface area contributed by atoms with Crippen molar-refractivity contribution in [3.8, 4) is 11.3 Å². The second-order valence-electron chi connectivity index (χ2n) is 7.41. The number of carboxylic acids is 1. The molecule has 2 N–H and O–H groups in total. The molecule has 0 amide bonds. The van der Waals surface area contributed by atoms with Gasteiger partial charge in [0.1, 0.15) is 0 Å². The van der Waals surface area contributed by atoms with E-state index in [0.717, 1.165) is 40.4 Å². The molecule has 0 radical (unpaired) electrons. The first-order valence-electron chi connectivity index (χ1n) is 10.6. The fraction of sp³-hybridized carbons (Fsp3) is 0.0714. The van der Waals surface area contributed by atoms with Crippen LogP contribution in [-0.2, 0) is 4.79 Å². The van der Waals surface area contributed by atoms with Gasteiger partial charge in [-0.1, -0.05) is 85.8 Å². The molecule has 4 rings (SSSR count). The number of nitrogens with one attached hydrogen (secondary N) is 1. The van der Waals surface area contributed by atoms with Gasteiger partial charge in [-0.05, 0) is 57.5 Å². The van der Waals surface area contributed by atoms with Gasteiger partial charge in [-0.25, -0.2) is 4.79 Å². The van der Waals surface area contributed by atoms with Crippen molar-refractivity contribution in [1.82, 2.24) is 10.2 Å². The summed E-state index contributed by atoms with van der Waals surface area (Å²) in [5, 5.41) is 15.9. The summed E-state index contributed by atoms with van der Waals surface area (Å²) in [6, 6.07) is 28.9. The Hall–Kier alpha value is -4.18. The van der Waals surface area contributed by atoms with Crippen LogP contribution in [-0.4, -0.2) is 21.3 Å². The molecule has 0 atom stereocenters. The van der Waals surface area contributed by atoms with E-state index in [0.29, 0.717) is 0 Å². The number of aliphatic carboxylic acids is 1. The van der Waals surface area contributed by atoms with Gasteiger partial charge in [0.2, 0.25) is 0 Å². The van der Waals surface area contributed by atoms with Crippen LogP contribution in [0.25, 0.3) is 28.5 Å². The molecule has 0 saturated heterocycles. The van der Waals surface area contributed by atoms with Crippen LogP contribution in [0, 0.1) is 0 Å². The summed E-state index contributed by atoms with van der Waals surface area (Å²) in [5.74, 6) is -0.954. The van der Waals surface area contributed by atoms with E-state index in [1.165, 1.54) is 16.7 Å². The van der Waals surface area contributed by atoms with Gasteiger partial charge in [0.15, 0.2) is 0 Å². The number of benzene rings is 3. The number of aromatic amines is 1. The maximum atomic E-state index is 10.8. The molecule has 32 heavy (non-hydrogen) atoms. The van der Waals surface area contributed by atoms with Crippen LogP contribution in [0.1, 0.15) is 35.6 Å². The lowest BCUT2D eigenvalue weighted by molar-refractivity contribution is -0.131. The molecule has 1 heterocycles. The molecule has 0 aliphatic heterocycles. The predicted octanol–water partition coefficient (Wildman–Crippen LogP) is 6.54. The average Bonchev–Trinajstić information content (AvgIpc) is 3.37. The SMILES string of the molecule is CC/C(=C(/c1ccc(/C=C/C(=O)O)cc1)c1ccc(-c2ccn[nH]2)cc1)c1ccccc1. The lowest BCUT2D eigenvalue weighted by Gasteiger charge is -2.17. The second-order valence-corrected chi connectivity index (χ2v) is 7.41. The van der Waals surface area contributed by atoms with Gasteiger partial charge in [-0.3, -0.25) is 5.10 Å². The smallest absolute Gasteiger partial charge is 0.328 e. The Balaban J connectivity index is 1.82. The third-order valence-corrected chi connectivity index (χ3v) is 5.38. The first kappa shape index (κ1) is 21.1. The van der Waals surface area contributed by atoms with Crippen molar-refractivity contribution < 1.29 is 9.90 Å². The van der Waals surface area contributed by atoms with Gasteiger partial charge in [-0.15, -0.1) is 0 Å². The molecule has 0 aliphatic rings. The molecule has 0 aliphatic carbocycles. The van der Waals surface area contributed by atoms with Gasteiger partial charge in [0.05, 0.1) is 5.69 Å². The van der Waals surface area contributed by atoms with E-state index in [1.807, 2.05) is 24.3 Å². The van der Waals surface area contributed by atoms with Crippen molar-refractivity contribution in [3.05, 3.63) is 119 Å². The normalized spacial score (nSPS) is 12.0. The number of hydrogen-bond donors (Lipinski definition) is 2. The molecular formula is C28H24N2O2. The molecule has 0 spiro atoms. The molecule has 3 aromatic carbocycles. The van der Waals surface area contributed by atoms with E-state index in [-0.39, 0.29) is 0 Å². The Labute approximate surface area is 187 Å². The summed E-state index contributed by atoms with van der Waals surface area (Å²) in [6.45, 7) is 2.17. The number of carboxylic acid groups (broad SMARTS) is 1. The number of nitrogens with zero attached hydrogens (tertiary/aromatic N) is 1. The highest BCUT2D eigenvalue weighted by molar-refractivity contribution is 5.99. The lowest BCUT2D eigenvalue weighted by atomic mass is 9.87. The minimum absolute atomic E-state index is 0.850. The van der Waals surface area contributed by atoms with E-state index in [2.05, 4.69) is 77.8 Å². The van der Waals surface area contributed by atoms with Crippen molar-refractivity contribution in [2.45, 2.75) is 13.3 Å². The van der Waals surface area contributed by atoms with Crippen molar-refractivity contribution in [1.29, 1.82) is 0 Å². The molecule has 158 valence electrons. The van der Waals surface area contributed by atoms with Crippen molar-refractivity contribution >= 4 is 23.2 Å². The Morgan fingerprint density at radius 1 is 0.875 bits per heavy atom. The molecule has 4 nitrogen and oxygen atoms in total. The molecule has 0 saturated carbocycles. The summed E-state index contributed by atoms with van der Waals surface area (Å²) in [4.78, 5) is 10.8. The molecule has 1 aromatic heterocycles. The monoisotopic (exact) mass is 420 g/mol. The third kappa shape index (κ3) is 4.76. The number of carbonyl (C=O) groups is 1. The summed E-state index contributed by atoms with van der Waals surface area (Å²) >= 11 is 0. The van der Waals surface area contributed by atoms with Crippen LogP contribution >= 0.6 is 0 Å². The molecule has 4 heteroatoms. The molecule has 0 unspecified atom stereocenters.